The van der Waals surface area contributed by atoms with Gasteiger partial charge in [-0.05, 0) is 31.2 Å². The number of aromatic amines is 2. The molecule has 4 aromatic rings. The number of nitrogens with zero attached hydrogens (tertiary/aromatic N) is 4. The molecule has 1 aromatic carbocycles. The minimum atomic E-state index is -0.149. The van der Waals surface area contributed by atoms with Gasteiger partial charge in [0, 0.05) is 30.3 Å². The Morgan fingerprint density at radius 2 is 1.87 bits per heavy atom. The first-order valence-electron chi connectivity index (χ1n) is 10.7. The maximum atomic E-state index is 13.2. The molecule has 1 amide bonds. The molecule has 2 N–H and O–H groups in total. The molecule has 4 heterocycles. The second kappa shape index (κ2) is 6.94. The first-order valence-corrected chi connectivity index (χ1v) is 10.7. The van der Waals surface area contributed by atoms with E-state index in [1.54, 1.807) is 4.90 Å². The van der Waals surface area contributed by atoms with Gasteiger partial charge in [0.2, 0.25) is 0 Å². The Morgan fingerprint density at radius 3 is 2.74 bits per heavy atom. The maximum Gasteiger partial charge on any atom is 0.277 e. The van der Waals surface area contributed by atoms with E-state index in [-0.39, 0.29) is 18.0 Å². The van der Waals surface area contributed by atoms with Gasteiger partial charge in [0.25, 0.3) is 11.5 Å². The monoisotopic (exact) mass is 414 g/mol. The van der Waals surface area contributed by atoms with Crippen molar-refractivity contribution in [2.45, 2.75) is 38.6 Å². The highest BCUT2D eigenvalue weighted by Crippen LogP contribution is 2.25. The average Bonchev–Trinajstić information content (AvgIpc) is 3.44. The number of aryl methyl sites for hydroxylation is 1. The zero-order valence-electron chi connectivity index (χ0n) is 17.0. The van der Waals surface area contributed by atoms with Crippen LogP contribution in [0.3, 0.4) is 0 Å². The zero-order chi connectivity index (χ0) is 20.9. The lowest BCUT2D eigenvalue weighted by Crippen LogP contribution is -2.40. The van der Waals surface area contributed by atoms with E-state index < -0.39 is 0 Å². The number of carbonyl (C=O) groups is 1. The molecule has 8 heteroatoms. The van der Waals surface area contributed by atoms with Crippen LogP contribution in [0.2, 0.25) is 0 Å². The van der Waals surface area contributed by atoms with E-state index in [1.807, 2.05) is 36.4 Å². The number of amides is 1. The smallest absolute Gasteiger partial charge is 0.277 e. The minimum absolute atomic E-state index is 0.106. The van der Waals surface area contributed by atoms with Crippen molar-refractivity contribution in [1.82, 2.24) is 29.7 Å². The quantitative estimate of drug-likeness (QED) is 0.526. The van der Waals surface area contributed by atoms with Crippen molar-refractivity contribution in [3.8, 4) is 11.3 Å². The highest BCUT2D eigenvalue weighted by molar-refractivity contribution is 5.94. The van der Waals surface area contributed by atoms with E-state index >= 15 is 0 Å². The molecule has 0 radical (unpaired) electrons. The van der Waals surface area contributed by atoms with Crippen LogP contribution in [0.5, 0.6) is 0 Å². The van der Waals surface area contributed by atoms with E-state index in [9.17, 15) is 9.59 Å². The Bertz CT molecular complexity index is 1360. The number of hydrogen-bond donors (Lipinski definition) is 2. The number of fused-ring (bicyclic) bond motifs is 3. The molecule has 8 nitrogen and oxygen atoms in total. The molecule has 2 aliphatic rings. The van der Waals surface area contributed by atoms with E-state index in [0.29, 0.717) is 29.9 Å². The molecule has 0 saturated heterocycles. The van der Waals surface area contributed by atoms with E-state index in [1.165, 1.54) is 4.52 Å². The number of nitrogens with one attached hydrogen (secondary N) is 2. The number of aromatic nitrogens is 5. The van der Waals surface area contributed by atoms with Crippen LogP contribution in [0.15, 0.2) is 41.2 Å². The van der Waals surface area contributed by atoms with Crippen LogP contribution in [-0.2, 0) is 25.8 Å². The Morgan fingerprint density at radius 1 is 1.03 bits per heavy atom. The number of hydrogen-bond acceptors (Lipinski definition) is 4. The molecular weight excluding hydrogens is 392 g/mol. The highest BCUT2D eigenvalue weighted by Gasteiger charge is 2.30. The molecule has 1 aliphatic carbocycles. The summed E-state index contributed by atoms with van der Waals surface area (Å²) < 4.78 is 1.48. The van der Waals surface area contributed by atoms with Crippen LogP contribution in [0, 0.1) is 0 Å². The van der Waals surface area contributed by atoms with Crippen molar-refractivity contribution < 1.29 is 4.79 Å². The topological polar surface area (TPSA) is 99.2 Å². The summed E-state index contributed by atoms with van der Waals surface area (Å²) in [6.07, 6.45) is 4.59. The molecule has 0 bridgehead atoms. The van der Waals surface area contributed by atoms with Gasteiger partial charge in [0.05, 0.1) is 23.5 Å². The third kappa shape index (κ3) is 2.90. The number of benzene rings is 1. The molecule has 0 unspecified atom stereocenters. The first kappa shape index (κ1) is 18.1. The molecule has 156 valence electrons. The molecule has 31 heavy (non-hydrogen) atoms. The van der Waals surface area contributed by atoms with Gasteiger partial charge in [-0.1, -0.05) is 30.3 Å². The summed E-state index contributed by atoms with van der Waals surface area (Å²) in [7, 11) is 0. The van der Waals surface area contributed by atoms with Gasteiger partial charge >= 0.3 is 0 Å². The van der Waals surface area contributed by atoms with Crippen LogP contribution < -0.4 is 5.56 Å². The first-order chi connectivity index (χ1) is 15.2. The maximum absolute atomic E-state index is 13.2. The molecule has 1 aliphatic heterocycles. The fraction of sp³-hybridized carbons (Fsp3) is 0.304. The highest BCUT2D eigenvalue weighted by atomic mass is 16.2. The fourth-order valence-electron chi connectivity index (χ4n) is 4.73. The SMILES string of the molecule is O=C(c1n[nH]c2c1CCCC2)N1CCc2nc3cc(-c4ccccc4)[nH]n3c(=O)c2C1. The summed E-state index contributed by atoms with van der Waals surface area (Å²) in [5, 5.41) is 10.5. The number of H-pyrrole nitrogens is 2. The van der Waals surface area contributed by atoms with Crippen molar-refractivity contribution in [2.24, 2.45) is 0 Å². The van der Waals surface area contributed by atoms with Crippen molar-refractivity contribution in [2.75, 3.05) is 6.54 Å². The molecule has 3 aromatic heterocycles. The van der Waals surface area contributed by atoms with Crippen LogP contribution in [-0.4, -0.2) is 42.1 Å². The number of rotatable bonds is 2. The summed E-state index contributed by atoms with van der Waals surface area (Å²) in [6.45, 7) is 0.788. The second-order valence-electron chi connectivity index (χ2n) is 8.28. The van der Waals surface area contributed by atoms with Gasteiger partial charge in [-0.2, -0.15) is 5.10 Å². The Kier molecular flexibility index (Phi) is 4.05. The van der Waals surface area contributed by atoms with Gasteiger partial charge in [-0.3, -0.25) is 19.8 Å². The lowest BCUT2D eigenvalue weighted by Gasteiger charge is -2.27. The third-order valence-electron chi connectivity index (χ3n) is 6.39. The molecule has 0 atom stereocenters. The third-order valence-corrected chi connectivity index (χ3v) is 6.39. The van der Waals surface area contributed by atoms with Gasteiger partial charge in [0.15, 0.2) is 11.3 Å². The van der Waals surface area contributed by atoms with Crippen LogP contribution >= 0.6 is 0 Å². The van der Waals surface area contributed by atoms with Gasteiger partial charge in [0.1, 0.15) is 0 Å². The number of carbonyl (C=O) groups excluding carboxylic acids is 1. The summed E-state index contributed by atoms with van der Waals surface area (Å²) >= 11 is 0. The summed E-state index contributed by atoms with van der Waals surface area (Å²) in [5.74, 6) is -0.106. The fourth-order valence-corrected chi connectivity index (χ4v) is 4.73. The van der Waals surface area contributed by atoms with Crippen LogP contribution in [0.4, 0.5) is 0 Å². The van der Waals surface area contributed by atoms with Gasteiger partial charge < -0.3 is 4.90 Å². The van der Waals surface area contributed by atoms with Crippen molar-refractivity contribution in [3.05, 3.63) is 75.0 Å². The minimum Gasteiger partial charge on any atom is -0.332 e. The standard InChI is InChI=1S/C23H22N6O2/c30-22-16-13-28(23(31)21-15-8-4-5-9-18(15)25-26-21)11-10-17(16)24-20-12-19(27-29(20)22)14-6-2-1-3-7-14/h1-3,6-7,12,27H,4-5,8-11,13H2,(H,25,26). The normalized spacial score (nSPS) is 15.7. The molecule has 0 saturated carbocycles. The summed E-state index contributed by atoms with van der Waals surface area (Å²) in [6, 6.07) is 11.7. The van der Waals surface area contributed by atoms with Crippen LogP contribution in [0.25, 0.3) is 16.9 Å². The Balaban J connectivity index is 1.35. The zero-order valence-corrected chi connectivity index (χ0v) is 17.0. The van der Waals surface area contributed by atoms with Crippen LogP contribution in [0.1, 0.15) is 45.8 Å². The Labute approximate surface area is 177 Å². The van der Waals surface area contributed by atoms with Crippen molar-refractivity contribution >= 4 is 11.6 Å². The van der Waals surface area contributed by atoms with Crippen molar-refractivity contribution in [1.29, 1.82) is 0 Å². The lowest BCUT2D eigenvalue weighted by atomic mass is 9.95. The lowest BCUT2D eigenvalue weighted by molar-refractivity contribution is 0.0725. The van der Waals surface area contributed by atoms with Gasteiger partial charge in [-0.25, -0.2) is 9.50 Å². The molecule has 0 fully saturated rings. The Hall–Kier alpha value is -3.68. The molecule has 6 rings (SSSR count). The predicted octanol–water partition coefficient (Wildman–Crippen LogP) is 2.49. The summed E-state index contributed by atoms with van der Waals surface area (Å²) in [4.78, 5) is 32.9. The largest absolute Gasteiger partial charge is 0.332 e. The van der Waals surface area contributed by atoms with E-state index in [0.717, 1.165) is 53.9 Å². The van der Waals surface area contributed by atoms with Crippen molar-refractivity contribution in [3.63, 3.8) is 0 Å². The second-order valence-corrected chi connectivity index (χ2v) is 8.28. The van der Waals surface area contributed by atoms with E-state index in [2.05, 4.69) is 15.3 Å². The average molecular weight is 414 g/mol. The molecular formula is C23H22N6O2. The predicted molar refractivity (Wildman–Crippen MR) is 115 cm³/mol. The van der Waals surface area contributed by atoms with Gasteiger partial charge in [-0.15, -0.1) is 0 Å². The van der Waals surface area contributed by atoms with E-state index in [4.69, 9.17) is 4.98 Å². The summed E-state index contributed by atoms with van der Waals surface area (Å²) in [5.41, 5.74) is 6.26. The molecule has 0 spiro atoms.